The van der Waals surface area contributed by atoms with Gasteiger partial charge in [0, 0.05) is 11.4 Å². The Bertz CT molecular complexity index is 1210. The van der Waals surface area contributed by atoms with E-state index in [0.717, 1.165) is 11.4 Å². The monoisotopic (exact) mass is 458 g/mol. The molecule has 0 aromatic carbocycles. The quantitative estimate of drug-likeness (QED) is 0.423. The summed E-state index contributed by atoms with van der Waals surface area (Å²) in [6.07, 6.45) is 0. The van der Waals surface area contributed by atoms with Crippen LogP contribution in [-0.2, 0) is 9.47 Å². The second-order valence-corrected chi connectivity index (χ2v) is 7.59. The Morgan fingerprint density at radius 2 is 1.81 bits per heavy atom. The highest BCUT2D eigenvalue weighted by Gasteiger charge is 2.24. The lowest BCUT2D eigenvalue weighted by Gasteiger charge is -2.08. The summed E-state index contributed by atoms with van der Waals surface area (Å²) in [5, 5.41) is 4.42. The number of pyridine rings is 1. The van der Waals surface area contributed by atoms with Gasteiger partial charge in [0.1, 0.15) is 0 Å². The molecule has 0 saturated heterocycles. The zero-order valence-corrected chi connectivity index (χ0v) is 19.2. The van der Waals surface area contributed by atoms with Crippen LogP contribution in [0.1, 0.15) is 60.9 Å². The summed E-state index contributed by atoms with van der Waals surface area (Å²) in [6, 6.07) is 5.02. The van der Waals surface area contributed by atoms with Crippen molar-refractivity contribution in [1.82, 2.24) is 19.7 Å². The first-order valence-electron chi connectivity index (χ1n) is 9.90. The van der Waals surface area contributed by atoms with Crippen molar-refractivity contribution in [1.29, 1.82) is 0 Å². The fourth-order valence-corrected chi connectivity index (χ4v) is 3.55. The highest BCUT2D eigenvalue weighted by atomic mass is 35.5. The van der Waals surface area contributed by atoms with Gasteiger partial charge in [0.25, 0.3) is 0 Å². The van der Waals surface area contributed by atoms with E-state index in [4.69, 9.17) is 21.1 Å². The molecule has 0 unspecified atom stereocenters. The van der Waals surface area contributed by atoms with Gasteiger partial charge < -0.3 is 14.5 Å². The topological polar surface area (TPSA) is 116 Å². The summed E-state index contributed by atoms with van der Waals surface area (Å²) in [5.41, 5.74) is 2.91. The minimum atomic E-state index is -0.849. The van der Waals surface area contributed by atoms with Gasteiger partial charge in [-0.3, -0.25) is 4.79 Å². The van der Waals surface area contributed by atoms with Crippen LogP contribution in [0.5, 0.6) is 0 Å². The van der Waals surface area contributed by atoms with E-state index in [1.165, 1.54) is 6.07 Å². The largest absolute Gasteiger partial charge is 0.462 e. The lowest BCUT2D eigenvalue weighted by Crippen LogP contribution is -2.17. The lowest BCUT2D eigenvalue weighted by molar-refractivity contribution is 0.0466. The van der Waals surface area contributed by atoms with Crippen LogP contribution in [0.15, 0.2) is 18.2 Å². The number of esters is 2. The maximum Gasteiger partial charge on any atom is 0.359 e. The summed E-state index contributed by atoms with van der Waals surface area (Å²) >= 11 is 6.13. The number of nitrogens with one attached hydrogen (secondary N) is 1. The molecule has 3 aromatic rings. The van der Waals surface area contributed by atoms with Gasteiger partial charge >= 0.3 is 11.9 Å². The van der Waals surface area contributed by atoms with Crippen LogP contribution >= 0.6 is 11.6 Å². The summed E-state index contributed by atoms with van der Waals surface area (Å²) in [6.45, 7) is 8.36. The highest BCUT2D eigenvalue weighted by Crippen LogP contribution is 2.21. The molecule has 0 aliphatic heterocycles. The zero-order chi connectivity index (χ0) is 23.6. The van der Waals surface area contributed by atoms with E-state index in [1.54, 1.807) is 31.5 Å². The van der Waals surface area contributed by atoms with Gasteiger partial charge in [-0.15, -0.1) is 0 Å². The molecule has 0 amide bonds. The molecule has 0 spiro atoms. The van der Waals surface area contributed by atoms with Crippen molar-refractivity contribution in [2.75, 3.05) is 13.2 Å². The van der Waals surface area contributed by atoms with Gasteiger partial charge in [-0.1, -0.05) is 11.6 Å². The number of aryl methyl sites for hydroxylation is 3. The Morgan fingerprint density at radius 3 is 2.44 bits per heavy atom. The first kappa shape index (κ1) is 23.2. The number of H-pyrrole nitrogens is 1. The average molecular weight is 459 g/mol. The Balaban J connectivity index is 1.77. The van der Waals surface area contributed by atoms with Crippen LogP contribution in [0.25, 0.3) is 5.82 Å². The molecule has 3 rings (SSSR count). The molecule has 3 heterocycles. The van der Waals surface area contributed by atoms with Crippen molar-refractivity contribution in [3.8, 4) is 5.82 Å². The van der Waals surface area contributed by atoms with Gasteiger partial charge in [-0.2, -0.15) is 5.10 Å². The van der Waals surface area contributed by atoms with Crippen LogP contribution < -0.4 is 0 Å². The minimum absolute atomic E-state index is 0.0872. The van der Waals surface area contributed by atoms with Crippen LogP contribution in [0, 0.1) is 27.7 Å². The Labute approximate surface area is 189 Å². The number of carbonyl (C=O) groups excluding carboxylic acids is 3. The smallest absolute Gasteiger partial charge is 0.359 e. The van der Waals surface area contributed by atoms with Gasteiger partial charge in [0.2, 0.25) is 5.78 Å². The van der Waals surface area contributed by atoms with Gasteiger partial charge in [0.05, 0.1) is 28.6 Å². The maximum absolute atomic E-state index is 12.6. The van der Waals surface area contributed by atoms with Gasteiger partial charge in [0.15, 0.2) is 18.1 Å². The van der Waals surface area contributed by atoms with Crippen LogP contribution in [0.4, 0.5) is 0 Å². The number of hydrogen-bond donors (Lipinski definition) is 1. The van der Waals surface area contributed by atoms with E-state index in [0.29, 0.717) is 22.6 Å². The number of aromatic nitrogens is 4. The van der Waals surface area contributed by atoms with Crippen molar-refractivity contribution in [3.05, 3.63) is 62.8 Å². The zero-order valence-electron chi connectivity index (χ0n) is 18.4. The number of halogens is 1. The van der Waals surface area contributed by atoms with E-state index in [-0.39, 0.29) is 23.0 Å². The number of ketones is 1. The van der Waals surface area contributed by atoms with Crippen molar-refractivity contribution in [3.63, 3.8) is 0 Å². The Hall–Kier alpha value is -3.46. The molecule has 0 aliphatic rings. The molecule has 0 saturated carbocycles. The molecule has 0 fully saturated rings. The average Bonchev–Trinajstić information content (AvgIpc) is 3.23. The summed E-state index contributed by atoms with van der Waals surface area (Å²) < 4.78 is 11.8. The normalized spacial score (nSPS) is 10.8. The molecule has 0 radical (unpaired) electrons. The summed E-state index contributed by atoms with van der Waals surface area (Å²) in [5.74, 6) is -1.47. The number of Topliss-reactive ketones (excluding diaryl/α,β-unsaturated/α-hetero) is 1. The number of ether oxygens (including phenoxy) is 2. The SMILES string of the molecule is CCOC(=O)c1c(C)[nH]c(C(=O)COC(=O)c2nc(-n3nc(C)cc3C)ccc2Cl)c1C. The molecular formula is C22H23ClN4O5. The Morgan fingerprint density at radius 1 is 1.09 bits per heavy atom. The second kappa shape index (κ2) is 9.35. The first-order chi connectivity index (χ1) is 15.1. The molecule has 10 heteroatoms. The van der Waals surface area contributed by atoms with Crippen LogP contribution in [0.2, 0.25) is 5.02 Å². The standard InChI is InChI=1S/C22H23ClN4O5/c1-6-31-21(29)18-13(4)19(24-14(18)5)16(28)10-32-22(30)20-15(23)7-8-17(25-20)27-12(3)9-11(2)26-27/h7-9,24H,6,10H2,1-5H3. The van der Waals surface area contributed by atoms with E-state index < -0.39 is 24.3 Å². The molecular weight excluding hydrogens is 436 g/mol. The third-order valence-corrected chi connectivity index (χ3v) is 5.09. The van der Waals surface area contributed by atoms with E-state index in [1.807, 2.05) is 19.9 Å². The second-order valence-electron chi connectivity index (χ2n) is 7.18. The third kappa shape index (κ3) is 4.57. The molecule has 0 bridgehead atoms. The maximum atomic E-state index is 12.6. The van der Waals surface area contributed by atoms with E-state index in [2.05, 4.69) is 15.1 Å². The summed E-state index contributed by atoms with van der Waals surface area (Å²) in [4.78, 5) is 44.5. The number of aromatic amines is 1. The third-order valence-electron chi connectivity index (χ3n) is 4.78. The van der Waals surface area contributed by atoms with Crippen LogP contribution in [0.3, 0.4) is 0 Å². The predicted octanol–water partition coefficient (Wildman–Crippen LogP) is 3.70. The number of rotatable bonds is 7. The fraction of sp³-hybridized carbons (Fsp3) is 0.318. The van der Waals surface area contributed by atoms with Crippen molar-refractivity contribution >= 4 is 29.3 Å². The molecule has 3 aromatic heterocycles. The molecule has 168 valence electrons. The van der Waals surface area contributed by atoms with Gasteiger partial charge in [-0.25, -0.2) is 19.3 Å². The van der Waals surface area contributed by atoms with Crippen molar-refractivity contribution in [2.45, 2.75) is 34.6 Å². The number of hydrogen-bond acceptors (Lipinski definition) is 7. The van der Waals surface area contributed by atoms with E-state index >= 15 is 0 Å². The molecule has 0 aliphatic carbocycles. The van der Waals surface area contributed by atoms with Crippen LogP contribution in [-0.4, -0.2) is 50.7 Å². The van der Waals surface area contributed by atoms with Crippen molar-refractivity contribution < 1.29 is 23.9 Å². The first-order valence-corrected chi connectivity index (χ1v) is 10.3. The van der Waals surface area contributed by atoms with Crippen molar-refractivity contribution in [2.24, 2.45) is 0 Å². The summed E-state index contributed by atoms with van der Waals surface area (Å²) in [7, 11) is 0. The number of nitrogens with zero attached hydrogens (tertiary/aromatic N) is 3. The molecule has 9 nitrogen and oxygen atoms in total. The number of carbonyl (C=O) groups is 3. The van der Waals surface area contributed by atoms with E-state index in [9.17, 15) is 14.4 Å². The highest BCUT2D eigenvalue weighted by molar-refractivity contribution is 6.33. The van der Waals surface area contributed by atoms with Gasteiger partial charge in [-0.05, 0) is 58.4 Å². The molecule has 0 atom stereocenters. The Kier molecular flexibility index (Phi) is 6.78. The minimum Gasteiger partial charge on any atom is -0.462 e. The predicted molar refractivity (Wildman–Crippen MR) is 117 cm³/mol. The fourth-order valence-electron chi connectivity index (χ4n) is 3.36. The molecule has 1 N–H and O–H groups in total. The lowest BCUT2D eigenvalue weighted by atomic mass is 10.1. The molecule has 32 heavy (non-hydrogen) atoms.